The van der Waals surface area contributed by atoms with Crippen LogP contribution in [0, 0.1) is 5.82 Å². The van der Waals surface area contributed by atoms with Crippen LogP contribution in [0.15, 0.2) is 48.5 Å². The van der Waals surface area contributed by atoms with Gasteiger partial charge in [-0.25, -0.2) is 4.39 Å². The summed E-state index contributed by atoms with van der Waals surface area (Å²) in [6.45, 7) is 6.54. The molecule has 1 fully saturated rings. The number of unbranched alkanes of at least 4 members (excludes halogenated alkanes) is 2. The van der Waals surface area contributed by atoms with Crippen molar-refractivity contribution in [2.75, 3.05) is 44.2 Å². The number of rotatable bonds is 7. The van der Waals surface area contributed by atoms with Gasteiger partial charge in [0.05, 0.1) is 11.3 Å². The Kier molecular flexibility index (Phi) is 6.63. The van der Waals surface area contributed by atoms with Gasteiger partial charge in [-0.3, -0.25) is 9.69 Å². The summed E-state index contributed by atoms with van der Waals surface area (Å²) in [5.41, 5.74) is 4.00. The Morgan fingerprint density at radius 2 is 1.64 bits per heavy atom. The van der Waals surface area contributed by atoms with E-state index in [1.807, 2.05) is 18.2 Å². The van der Waals surface area contributed by atoms with Crippen molar-refractivity contribution in [1.29, 1.82) is 0 Å². The third-order valence-corrected chi connectivity index (χ3v) is 7.10. The van der Waals surface area contributed by atoms with Gasteiger partial charge in [-0.15, -0.1) is 0 Å². The zero-order chi connectivity index (χ0) is 22.6. The fraction of sp³-hybridized carbons (Fsp3) is 0.444. The van der Waals surface area contributed by atoms with Crippen LogP contribution in [-0.4, -0.2) is 54.6 Å². The van der Waals surface area contributed by atoms with Crippen LogP contribution in [0.25, 0.3) is 10.9 Å². The molecule has 2 aromatic carbocycles. The van der Waals surface area contributed by atoms with Crippen molar-refractivity contribution in [3.63, 3.8) is 0 Å². The summed E-state index contributed by atoms with van der Waals surface area (Å²) in [6, 6.07) is 15.4. The predicted molar refractivity (Wildman–Crippen MR) is 131 cm³/mol. The minimum absolute atomic E-state index is 0.0759. The lowest BCUT2D eigenvalue weighted by atomic mass is 10.1. The van der Waals surface area contributed by atoms with E-state index in [0.717, 1.165) is 81.7 Å². The summed E-state index contributed by atoms with van der Waals surface area (Å²) >= 11 is 0. The molecule has 0 bridgehead atoms. The largest absolute Gasteiger partial charge is 0.367 e. The standard InChI is InChI=1S/C27H33FN4O/c28-22-10-3-5-12-24(22)31-19-17-30(18-20-31)15-6-1-7-16-32-23-11-4-2-9-21(23)26-25(32)13-8-14-29-27(26)33/h2-5,9-12H,1,6-8,13-20H2,(H,29,33). The average Bonchev–Trinajstić information content (AvgIpc) is 3.02. The zero-order valence-corrected chi connectivity index (χ0v) is 19.2. The lowest BCUT2D eigenvalue weighted by Gasteiger charge is -2.36. The molecule has 0 radical (unpaired) electrons. The maximum Gasteiger partial charge on any atom is 0.253 e. The molecule has 1 amide bonds. The van der Waals surface area contributed by atoms with Crippen LogP contribution >= 0.6 is 0 Å². The highest BCUT2D eigenvalue weighted by atomic mass is 19.1. The highest BCUT2D eigenvalue weighted by molar-refractivity contribution is 6.08. The van der Waals surface area contributed by atoms with Crippen molar-refractivity contribution < 1.29 is 9.18 Å². The molecule has 1 aromatic heterocycles. The fourth-order valence-electron chi connectivity index (χ4n) is 5.37. The summed E-state index contributed by atoms with van der Waals surface area (Å²) in [4.78, 5) is 17.3. The first-order valence-corrected chi connectivity index (χ1v) is 12.3. The third kappa shape index (κ3) is 4.62. The number of hydrogen-bond donors (Lipinski definition) is 1. The van der Waals surface area contributed by atoms with Crippen LogP contribution in [-0.2, 0) is 13.0 Å². The molecule has 5 nitrogen and oxygen atoms in total. The molecule has 6 heteroatoms. The van der Waals surface area contributed by atoms with Gasteiger partial charge in [0.1, 0.15) is 5.82 Å². The highest BCUT2D eigenvalue weighted by Gasteiger charge is 2.24. The lowest BCUT2D eigenvalue weighted by Crippen LogP contribution is -2.46. The van der Waals surface area contributed by atoms with Crippen LogP contribution in [0.4, 0.5) is 10.1 Å². The molecule has 0 unspecified atom stereocenters. The Hall–Kier alpha value is -2.86. The number of aromatic nitrogens is 1. The van der Waals surface area contributed by atoms with E-state index in [0.29, 0.717) is 0 Å². The second-order valence-corrected chi connectivity index (χ2v) is 9.19. The Bertz CT molecular complexity index is 1120. The first-order chi connectivity index (χ1) is 16.2. The molecule has 3 aromatic rings. The Morgan fingerprint density at radius 3 is 2.48 bits per heavy atom. The van der Waals surface area contributed by atoms with E-state index in [-0.39, 0.29) is 11.7 Å². The van der Waals surface area contributed by atoms with Crippen LogP contribution in [0.3, 0.4) is 0 Å². The number of piperazine rings is 1. The van der Waals surface area contributed by atoms with Crippen molar-refractivity contribution >= 4 is 22.5 Å². The third-order valence-electron chi connectivity index (χ3n) is 7.10. The number of nitrogens with zero attached hydrogens (tertiary/aromatic N) is 3. The second-order valence-electron chi connectivity index (χ2n) is 9.19. The van der Waals surface area contributed by atoms with Crippen molar-refractivity contribution in [2.45, 2.75) is 38.6 Å². The molecule has 0 spiro atoms. The van der Waals surface area contributed by atoms with Gasteiger partial charge in [0, 0.05) is 55.9 Å². The lowest BCUT2D eigenvalue weighted by molar-refractivity contribution is 0.0957. The molecule has 33 heavy (non-hydrogen) atoms. The van der Waals surface area contributed by atoms with Crippen molar-refractivity contribution in [3.8, 4) is 0 Å². The molecule has 5 rings (SSSR count). The number of halogens is 1. The topological polar surface area (TPSA) is 40.5 Å². The molecule has 0 saturated carbocycles. The van der Waals surface area contributed by atoms with E-state index in [1.165, 1.54) is 24.1 Å². The second kappa shape index (κ2) is 9.96. The number of fused-ring (bicyclic) bond motifs is 3. The number of amides is 1. The van der Waals surface area contributed by atoms with Gasteiger partial charge >= 0.3 is 0 Å². The van der Waals surface area contributed by atoms with E-state index in [4.69, 9.17) is 0 Å². The van der Waals surface area contributed by atoms with Crippen LogP contribution in [0.5, 0.6) is 0 Å². The Labute approximate surface area is 195 Å². The number of benzene rings is 2. The fourth-order valence-corrected chi connectivity index (χ4v) is 5.37. The summed E-state index contributed by atoms with van der Waals surface area (Å²) in [7, 11) is 0. The number of hydrogen-bond acceptors (Lipinski definition) is 3. The average molecular weight is 449 g/mol. The van der Waals surface area contributed by atoms with E-state index < -0.39 is 0 Å². The van der Waals surface area contributed by atoms with Crippen molar-refractivity contribution in [1.82, 2.24) is 14.8 Å². The summed E-state index contributed by atoms with van der Waals surface area (Å²) in [5, 5.41) is 4.14. The maximum absolute atomic E-state index is 14.0. The SMILES string of the molecule is O=C1NCCCc2c1c1ccccc1n2CCCCCN1CCN(c2ccccc2F)CC1. The smallest absolute Gasteiger partial charge is 0.253 e. The van der Waals surface area contributed by atoms with Crippen LogP contribution < -0.4 is 10.2 Å². The van der Waals surface area contributed by atoms with E-state index >= 15 is 0 Å². The Balaban J connectivity index is 1.13. The molecule has 2 aliphatic rings. The molecular weight excluding hydrogens is 415 g/mol. The molecule has 2 aliphatic heterocycles. The molecular formula is C27H33FN4O. The zero-order valence-electron chi connectivity index (χ0n) is 19.2. The summed E-state index contributed by atoms with van der Waals surface area (Å²) in [6.07, 6.45) is 5.40. The number of carbonyl (C=O) groups excluding carboxylic acids is 1. The first-order valence-electron chi connectivity index (χ1n) is 12.3. The number of anilines is 1. The van der Waals surface area contributed by atoms with Gasteiger partial charge < -0.3 is 14.8 Å². The predicted octanol–water partition coefficient (Wildman–Crippen LogP) is 4.45. The summed E-state index contributed by atoms with van der Waals surface area (Å²) < 4.78 is 16.4. The normalized spacial score (nSPS) is 17.1. The molecule has 174 valence electrons. The molecule has 1 saturated heterocycles. The number of nitrogens with one attached hydrogen (secondary N) is 1. The van der Waals surface area contributed by atoms with Crippen LogP contribution in [0.1, 0.15) is 41.7 Å². The number of para-hydroxylation sites is 2. The first kappa shape index (κ1) is 22.0. The minimum Gasteiger partial charge on any atom is -0.367 e. The number of aryl methyl sites for hydroxylation is 1. The maximum atomic E-state index is 14.0. The summed E-state index contributed by atoms with van der Waals surface area (Å²) in [5.74, 6) is -0.0502. The van der Waals surface area contributed by atoms with Gasteiger partial charge in [0.2, 0.25) is 0 Å². The van der Waals surface area contributed by atoms with Crippen molar-refractivity contribution in [3.05, 3.63) is 65.6 Å². The minimum atomic E-state index is -0.126. The molecule has 1 N–H and O–H groups in total. The van der Waals surface area contributed by atoms with Gasteiger partial charge in [-0.2, -0.15) is 0 Å². The monoisotopic (exact) mass is 448 g/mol. The van der Waals surface area contributed by atoms with E-state index in [1.54, 1.807) is 12.1 Å². The van der Waals surface area contributed by atoms with Gasteiger partial charge in [0.25, 0.3) is 5.91 Å². The van der Waals surface area contributed by atoms with Gasteiger partial charge in [0.15, 0.2) is 0 Å². The quantitative estimate of drug-likeness (QED) is 0.543. The molecule has 3 heterocycles. The van der Waals surface area contributed by atoms with Crippen LogP contribution in [0.2, 0.25) is 0 Å². The molecule has 0 aliphatic carbocycles. The van der Waals surface area contributed by atoms with Crippen molar-refractivity contribution in [2.24, 2.45) is 0 Å². The van der Waals surface area contributed by atoms with E-state index in [2.05, 4.69) is 37.9 Å². The molecule has 0 atom stereocenters. The van der Waals surface area contributed by atoms with E-state index in [9.17, 15) is 9.18 Å². The van der Waals surface area contributed by atoms with Gasteiger partial charge in [-0.1, -0.05) is 36.8 Å². The van der Waals surface area contributed by atoms with Gasteiger partial charge in [-0.05, 0) is 50.4 Å². The highest BCUT2D eigenvalue weighted by Crippen LogP contribution is 2.29. The number of carbonyl (C=O) groups is 1. The Morgan fingerprint density at radius 1 is 0.879 bits per heavy atom.